The molecule has 0 saturated carbocycles. The average Bonchev–Trinajstić information content (AvgIpc) is 2.54. The summed E-state index contributed by atoms with van der Waals surface area (Å²) in [5, 5.41) is 2.63. The zero-order valence-corrected chi connectivity index (χ0v) is 14.3. The van der Waals surface area contributed by atoms with E-state index >= 15 is 0 Å². The Kier molecular flexibility index (Phi) is 5.80. The van der Waals surface area contributed by atoms with Gasteiger partial charge in [-0.2, -0.15) is 0 Å². The molecule has 0 atom stereocenters. The lowest BCUT2D eigenvalue weighted by atomic mass is 10.3. The first kappa shape index (κ1) is 18.2. The van der Waals surface area contributed by atoms with Crippen LogP contribution < -0.4 is 10.1 Å². The van der Waals surface area contributed by atoms with Gasteiger partial charge in [-0.3, -0.25) is 4.79 Å². The summed E-state index contributed by atoms with van der Waals surface area (Å²) in [5.74, 6) is -0.761. The lowest BCUT2D eigenvalue weighted by Crippen LogP contribution is -2.20. The van der Waals surface area contributed by atoms with Crippen LogP contribution in [0.15, 0.2) is 47.4 Å². The first-order chi connectivity index (χ1) is 11.3. The van der Waals surface area contributed by atoms with E-state index in [0.717, 1.165) is 6.07 Å². The first-order valence-corrected chi connectivity index (χ1v) is 9.05. The van der Waals surface area contributed by atoms with E-state index in [1.165, 1.54) is 36.4 Å². The molecular formula is C16H15ClFNO4S. The summed E-state index contributed by atoms with van der Waals surface area (Å²) in [5.41, 5.74) is 0.434. The second-order valence-electron chi connectivity index (χ2n) is 4.84. The molecule has 2 aromatic carbocycles. The number of halogens is 2. The summed E-state index contributed by atoms with van der Waals surface area (Å²) in [7, 11) is -3.28. The van der Waals surface area contributed by atoms with Crippen LogP contribution in [0.25, 0.3) is 0 Å². The van der Waals surface area contributed by atoms with Gasteiger partial charge in [0.05, 0.1) is 15.7 Å². The molecule has 0 bridgehead atoms. The van der Waals surface area contributed by atoms with Crippen LogP contribution in [0.2, 0.25) is 5.02 Å². The molecule has 0 radical (unpaired) electrons. The highest BCUT2D eigenvalue weighted by atomic mass is 35.5. The molecule has 128 valence electrons. The van der Waals surface area contributed by atoms with E-state index in [1.807, 2.05) is 0 Å². The predicted molar refractivity (Wildman–Crippen MR) is 89.7 cm³/mol. The van der Waals surface area contributed by atoms with E-state index in [0.29, 0.717) is 5.69 Å². The topological polar surface area (TPSA) is 72.5 Å². The molecule has 1 N–H and O–H groups in total. The molecule has 0 unspecified atom stereocenters. The second kappa shape index (κ2) is 7.63. The maximum absolute atomic E-state index is 12.9. The maximum Gasteiger partial charge on any atom is 0.262 e. The van der Waals surface area contributed by atoms with Crippen molar-refractivity contribution in [1.82, 2.24) is 0 Å². The molecule has 0 heterocycles. The van der Waals surface area contributed by atoms with Crippen LogP contribution in [0.3, 0.4) is 0 Å². The van der Waals surface area contributed by atoms with Crippen LogP contribution in [-0.2, 0) is 14.6 Å². The van der Waals surface area contributed by atoms with Crippen LogP contribution in [0.4, 0.5) is 10.1 Å². The molecule has 5 nitrogen and oxygen atoms in total. The quantitative estimate of drug-likeness (QED) is 0.845. The number of rotatable bonds is 6. The van der Waals surface area contributed by atoms with Crippen LogP contribution in [0.5, 0.6) is 5.75 Å². The standard InChI is InChI=1S/C16H15ClFNO4S/c1-2-24(21,22)13-6-4-12(5-7-13)19-16(20)10-23-15-8-3-11(18)9-14(15)17/h3-9H,2,10H2,1H3,(H,19,20). The monoisotopic (exact) mass is 371 g/mol. The van der Waals surface area contributed by atoms with Gasteiger partial charge in [0.1, 0.15) is 11.6 Å². The minimum absolute atomic E-state index is 0.00494. The van der Waals surface area contributed by atoms with Crippen molar-refractivity contribution < 1.29 is 22.3 Å². The van der Waals surface area contributed by atoms with Gasteiger partial charge in [0.15, 0.2) is 16.4 Å². The van der Waals surface area contributed by atoms with E-state index < -0.39 is 21.6 Å². The molecule has 24 heavy (non-hydrogen) atoms. The fourth-order valence-corrected chi connectivity index (χ4v) is 2.95. The van der Waals surface area contributed by atoms with Gasteiger partial charge in [-0.25, -0.2) is 12.8 Å². The number of hydrogen-bond donors (Lipinski definition) is 1. The number of amides is 1. The number of ether oxygens (including phenoxy) is 1. The van der Waals surface area contributed by atoms with Crippen molar-refractivity contribution in [3.05, 3.63) is 53.3 Å². The molecule has 0 spiro atoms. The molecule has 0 fully saturated rings. The third-order valence-electron chi connectivity index (χ3n) is 3.13. The van der Waals surface area contributed by atoms with Crippen molar-refractivity contribution in [1.29, 1.82) is 0 Å². The van der Waals surface area contributed by atoms with E-state index in [-0.39, 0.29) is 28.0 Å². The van der Waals surface area contributed by atoms with Crippen LogP contribution >= 0.6 is 11.6 Å². The highest BCUT2D eigenvalue weighted by Crippen LogP contribution is 2.24. The summed E-state index contributed by atoms with van der Waals surface area (Å²) in [6.45, 7) is 1.24. The minimum Gasteiger partial charge on any atom is -0.482 e. The summed E-state index contributed by atoms with van der Waals surface area (Å²) < 4.78 is 41.5. The van der Waals surface area contributed by atoms with Crippen LogP contribution in [0, 0.1) is 5.82 Å². The van der Waals surface area contributed by atoms with E-state index in [4.69, 9.17) is 16.3 Å². The third-order valence-corrected chi connectivity index (χ3v) is 5.18. The van der Waals surface area contributed by atoms with Gasteiger partial charge in [-0.15, -0.1) is 0 Å². The van der Waals surface area contributed by atoms with Gasteiger partial charge >= 0.3 is 0 Å². The Hall–Kier alpha value is -2.12. The van der Waals surface area contributed by atoms with Crippen molar-refractivity contribution in [3.8, 4) is 5.75 Å². The smallest absolute Gasteiger partial charge is 0.262 e. The zero-order chi connectivity index (χ0) is 17.7. The van der Waals surface area contributed by atoms with Gasteiger partial charge in [0, 0.05) is 5.69 Å². The Morgan fingerprint density at radius 3 is 2.46 bits per heavy atom. The van der Waals surface area contributed by atoms with Gasteiger partial charge in [0.25, 0.3) is 5.91 Å². The van der Waals surface area contributed by atoms with E-state index in [9.17, 15) is 17.6 Å². The summed E-state index contributed by atoms with van der Waals surface area (Å²) in [6.07, 6.45) is 0. The Labute approximate surface area is 144 Å². The van der Waals surface area contributed by atoms with Gasteiger partial charge in [0.2, 0.25) is 0 Å². The van der Waals surface area contributed by atoms with Gasteiger partial charge in [-0.05, 0) is 42.5 Å². The molecule has 2 rings (SSSR count). The van der Waals surface area contributed by atoms with Crippen molar-refractivity contribution in [3.63, 3.8) is 0 Å². The third kappa shape index (κ3) is 4.69. The molecule has 0 aliphatic rings. The Bertz CT molecular complexity index is 838. The number of anilines is 1. The summed E-state index contributed by atoms with van der Waals surface area (Å²) in [6, 6.07) is 9.41. The molecule has 0 aliphatic carbocycles. The molecule has 8 heteroatoms. The molecule has 0 saturated heterocycles. The number of carbonyl (C=O) groups is 1. The van der Waals surface area contributed by atoms with Crippen molar-refractivity contribution in [2.75, 3.05) is 17.7 Å². The van der Waals surface area contributed by atoms with Gasteiger partial charge < -0.3 is 10.1 Å². The maximum atomic E-state index is 12.9. The number of nitrogens with one attached hydrogen (secondary N) is 1. The van der Waals surface area contributed by atoms with E-state index in [2.05, 4.69) is 5.32 Å². The molecule has 2 aromatic rings. The number of hydrogen-bond acceptors (Lipinski definition) is 4. The largest absolute Gasteiger partial charge is 0.482 e. The molecule has 1 amide bonds. The van der Waals surface area contributed by atoms with Crippen molar-refractivity contribution in [2.45, 2.75) is 11.8 Å². The van der Waals surface area contributed by atoms with Crippen molar-refractivity contribution >= 4 is 33.0 Å². The number of benzene rings is 2. The Balaban J connectivity index is 1.95. The second-order valence-corrected chi connectivity index (χ2v) is 7.52. The summed E-state index contributed by atoms with van der Waals surface area (Å²) >= 11 is 5.79. The van der Waals surface area contributed by atoms with Crippen LogP contribution in [0.1, 0.15) is 6.92 Å². The Morgan fingerprint density at radius 1 is 1.21 bits per heavy atom. The minimum atomic E-state index is -3.28. The van der Waals surface area contributed by atoms with Gasteiger partial charge in [-0.1, -0.05) is 18.5 Å². The molecule has 0 aromatic heterocycles. The highest BCUT2D eigenvalue weighted by molar-refractivity contribution is 7.91. The molecule has 0 aliphatic heterocycles. The normalized spacial score (nSPS) is 11.1. The fourth-order valence-electron chi connectivity index (χ4n) is 1.84. The highest BCUT2D eigenvalue weighted by Gasteiger charge is 2.12. The Morgan fingerprint density at radius 2 is 1.88 bits per heavy atom. The lowest BCUT2D eigenvalue weighted by molar-refractivity contribution is -0.118. The molecular weight excluding hydrogens is 357 g/mol. The van der Waals surface area contributed by atoms with Crippen molar-refractivity contribution in [2.24, 2.45) is 0 Å². The number of sulfone groups is 1. The average molecular weight is 372 g/mol. The first-order valence-electron chi connectivity index (χ1n) is 7.02. The SMILES string of the molecule is CCS(=O)(=O)c1ccc(NC(=O)COc2ccc(F)cc2Cl)cc1. The number of carbonyl (C=O) groups excluding carboxylic acids is 1. The predicted octanol–water partition coefficient (Wildman–Crippen LogP) is 3.29. The van der Waals surface area contributed by atoms with E-state index in [1.54, 1.807) is 6.92 Å². The van der Waals surface area contributed by atoms with Crippen LogP contribution in [-0.4, -0.2) is 26.7 Å². The zero-order valence-electron chi connectivity index (χ0n) is 12.8. The fraction of sp³-hybridized carbons (Fsp3) is 0.188. The summed E-state index contributed by atoms with van der Waals surface area (Å²) in [4.78, 5) is 12.0. The lowest BCUT2D eigenvalue weighted by Gasteiger charge is -2.09.